The van der Waals surface area contributed by atoms with Crippen LogP contribution in [-0.4, -0.2) is 14.5 Å². The maximum atomic E-state index is 11.1. The molecule has 0 spiro atoms. The Morgan fingerprint density at radius 2 is 2.05 bits per heavy atom. The van der Waals surface area contributed by atoms with Crippen molar-refractivity contribution in [2.24, 2.45) is 0 Å². The lowest BCUT2D eigenvalue weighted by Gasteiger charge is -2.05. The summed E-state index contributed by atoms with van der Waals surface area (Å²) in [5.41, 5.74) is 4.12. The lowest BCUT2D eigenvalue weighted by atomic mass is 10.1. The van der Waals surface area contributed by atoms with E-state index in [1.807, 2.05) is 48.3 Å². The van der Waals surface area contributed by atoms with Gasteiger partial charge in [0.1, 0.15) is 0 Å². The van der Waals surface area contributed by atoms with Crippen LogP contribution in [0.15, 0.2) is 61.2 Å². The number of rotatable bonds is 4. The molecule has 0 saturated carbocycles. The van der Waals surface area contributed by atoms with Gasteiger partial charge in [-0.15, -0.1) is 0 Å². The van der Waals surface area contributed by atoms with Crippen molar-refractivity contribution in [3.63, 3.8) is 0 Å². The summed E-state index contributed by atoms with van der Waals surface area (Å²) >= 11 is 0. The number of nitro groups is 1. The van der Waals surface area contributed by atoms with Gasteiger partial charge in [-0.2, -0.15) is 0 Å². The summed E-state index contributed by atoms with van der Waals surface area (Å²) in [6.45, 7) is 2.51. The molecule has 0 unspecified atom stereocenters. The van der Waals surface area contributed by atoms with E-state index in [1.54, 1.807) is 18.3 Å². The molecule has 3 rings (SSSR count). The summed E-state index contributed by atoms with van der Waals surface area (Å²) < 4.78 is 1.95. The molecule has 5 heteroatoms. The van der Waals surface area contributed by atoms with E-state index in [-0.39, 0.29) is 10.6 Å². The van der Waals surface area contributed by atoms with Gasteiger partial charge in [0.05, 0.1) is 11.5 Å². The predicted octanol–water partition coefficient (Wildman–Crippen LogP) is 3.82. The molecule has 0 aliphatic heterocycles. The molecule has 0 bridgehead atoms. The van der Waals surface area contributed by atoms with E-state index in [9.17, 15) is 10.1 Å². The molecular formula is C17H15N3O2. The number of hydrogen-bond donors (Lipinski definition) is 0. The average Bonchev–Trinajstić information content (AvgIpc) is 2.96. The zero-order chi connectivity index (χ0) is 15.5. The van der Waals surface area contributed by atoms with Crippen molar-refractivity contribution in [1.82, 2.24) is 9.55 Å². The minimum absolute atomic E-state index is 0.148. The van der Waals surface area contributed by atoms with Crippen molar-refractivity contribution < 1.29 is 4.92 Å². The van der Waals surface area contributed by atoms with Crippen LogP contribution in [0.25, 0.3) is 11.1 Å². The Bertz CT molecular complexity index is 824. The highest BCUT2D eigenvalue weighted by molar-refractivity contribution is 5.65. The molecule has 0 amide bonds. The van der Waals surface area contributed by atoms with Crippen LogP contribution < -0.4 is 0 Å². The van der Waals surface area contributed by atoms with E-state index in [2.05, 4.69) is 4.98 Å². The van der Waals surface area contributed by atoms with Gasteiger partial charge in [-0.25, -0.2) is 0 Å². The van der Waals surface area contributed by atoms with Gasteiger partial charge in [0.25, 0.3) is 5.69 Å². The third-order valence-electron chi connectivity index (χ3n) is 3.64. The van der Waals surface area contributed by atoms with Crippen molar-refractivity contribution in [2.75, 3.05) is 0 Å². The van der Waals surface area contributed by atoms with Crippen molar-refractivity contribution in [3.8, 4) is 11.1 Å². The number of hydrogen-bond acceptors (Lipinski definition) is 3. The zero-order valence-corrected chi connectivity index (χ0v) is 12.1. The maximum absolute atomic E-state index is 11.1. The zero-order valence-electron chi connectivity index (χ0n) is 12.1. The van der Waals surface area contributed by atoms with Crippen LogP contribution in [0.2, 0.25) is 0 Å². The highest BCUT2D eigenvalue weighted by atomic mass is 16.6. The van der Waals surface area contributed by atoms with E-state index in [4.69, 9.17) is 0 Å². The largest absolute Gasteiger partial charge is 0.349 e. The van der Waals surface area contributed by atoms with Crippen LogP contribution in [0.4, 0.5) is 5.69 Å². The van der Waals surface area contributed by atoms with Crippen LogP contribution in [0, 0.1) is 17.0 Å². The second-order valence-electron chi connectivity index (χ2n) is 5.15. The number of nitro benzene ring substituents is 1. The van der Waals surface area contributed by atoms with Crippen LogP contribution in [0.5, 0.6) is 0 Å². The Morgan fingerprint density at radius 3 is 2.82 bits per heavy atom. The summed E-state index contributed by atoms with van der Waals surface area (Å²) in [4.78, 5) is 14.9. The first-order valence-corrected chi connectivity index (χ1v) is 6.94. The van der Waals surface area contributed by atoms with Gasteiger partial charge < -0.3 is 4.57 Å². The molecule has 1 aromatic carbocycles. The molecule has 2 aromatic heterocycles. The van der Waals surface area contributed by atoms with E-state index in [0.29, 0.717) is 12.1 Å². The molecule has 0 fully saturated rings. The smallest absolute Gasteiger partial charge is 0.274 e. The fraction of sp³-hybridized carbons (Fsp3) is 0.118. The Labute approximate surface area is 128 Å². The summed E-state index contributed by atoms with van der Waals surface area (Å²) in [5.74, 6) is 0. The summed E-state index contributed by atoms with van der Waals surface area (Å²) in [6.07, 6.45) is 7.52. The standard InChI is InChI=1S/C17H15N3O2/c1-13-6-8-18-10-16(13)14-7-9-19(11-14)12-15-4-2-3-5-17(15)20(21)22/h2-11H,12H2,1H3. The highest BCUT2D eigenvalue weighted by Crippen LogP contribution is 2.24. The number of para-hydroxylation sites is 1. The third kappa shape index (κ3) is 2.74. The molecule has 110 valence electrons. The maximum Gasteiger partial charge on any atom is 0.274 e. The first-order chi connectivity index (χ1) is 10.6. The fourth-order valence-corrected chi connectivity index (χ4v) is 2.48. The quantitative estimate of drug-likeness (QED) is 0.542. The molecule has 2 heterocycles. The van der Waals surface area contributed by atoms with Crippen LogP contribution in [0.3, 0.4) is 0 Å². The van der Waals surface area contributed by atoms with E-state index >= 15 is 0 Å². The normalized spacial score (nSPS) is 10.6. The second-order valence-corrected chi connectivity index (χ2v) is 5.15. The summed E-state index contributed by atoms with van der Waals surface area (Å²) in [6, 6.07) is 10.8. The van der Waals surface area contributed by atoms with E-state index < -0.39 is 0 Å². The van der Waals surface area contributed by atoms with Gasteiger partial charge in [0.2, 0.25) is 0 Å². The van der Waals surface area contributed by atoms with Crippen molar-refractivity contribution in [1.29, 1.82) is 0 Å². The third-order valence-corrected chi connectivity index (χ3v) is 3.64. The molecule has 0 radical (unpaired) electrons. The second kappa shape index (κ2) is 5.81. The topological polar surface area (TPSA) is 61.0 Å². The van der Waals surface area contributed by atoms with Gasteiger partial charge in [0, 0.05) is 47.5 Å². The molecule has 5 nitrogen and oxygen atoms in total. The van der Waals surface area contributed by atoms with Crippen molar-refractivity contribution in [3.05, 3.63) is 82.4 Å². The van der Waals surface area contributed by atoms with Gasteiger partial charge in [0.15, 0.2) is 0 Å². The molecule has 0 N–H and O–H groups in total. The lowest BCUT2D eigenvalue weighted by Crippen LogP contribution is -2.00. The Hall–Kier alpha value is -2.95. The van der Waals surface area contributed by atoms with Gasteiger partial charge in [-0.05, 0) is 24.6 Å². The molecule has 0 atom stereocenters. The molecular weight excluding hydrogens is 278 g/mol. The van der Waals surface area contributed by atoms with Crippen molar-refractivity contribution >= 4 is 5.69 Å². The molecule has 0 aliphatic carbocycles. The van der Waals surface area contributed by atoms with Crippen LogP contribution in [0.1, 0.15) is 11.1 Å². The van der Waals surface area contributed by atoms with Gasteiger partial charge in [-0.1, -0.05) is 18.2 Å². The van der Waals surface area contributed by atoms with Crippen molar-refractivity contribution in [2.45, 2.75) is 13.5 Å². The minimum atomic E-state index is -0.342. The number of aryl methyl sites for hydroxylation is 1. The molecule has 0 aliphatic rings. The number of nitrogens with zero attached hydrogens (tertiary/aromatic N) is 3. The Morgan fingerprint density at radius 1 is 1.23 bits per heavy atom. The first-order valence-electron chi connectivity index (χ1n) is 6.94. The summed E-state index contributed by atoms with van der Waals surface area (Å²) in [7, 11) is 0. The van der Waals surface area contributed by atoms with E-state index in [1.165, 1.54) is 6.07 Å². The monoisotopic (exact) mass is 293 g/mol. The fourth-order valence-electron chi connectivity index (χ4n) is 2.48. The average molecular weight is 293 g/mol. The predicted molar refractivity (Wildman–Crippen MR) is 84.6 cm³/mol. The van der Waals surface area contributed by atoms with Gasteiger partial charge in [-0.3, -0.25) is 15.1 Å². The molecule has 0 saturated heterocycles. The van der Waals surface area contributed by atoms with Crippen LogP contribution >= 0.6 is 0 Å². The SMILES string of the molecule is Cc1ccncc1-c1ccn(Cc2ccccc2[N+](=O)[O-])c1. The van der Waals surface area contributed by atoms with E-state index in [0.717, 1.165) is 16.7 Å². The highest BCUT2D eigenvalue weighted by Gasteiger charge is 2.13. The molecule has 3 aromatic rings. The van der Waals surface area contributed by atoms with Crippen LogP contribution in [-0.2, 0) is 6.54 Å². The lowest BCUT2D eigenvalue weighted by molar-refractivity contribution is -0.385. The minimum Gasteiger partial charge on any atom is -0.349 e. The number of aromatic nitrogens is 2. The Balaban J connectivity index is 1.90. The first kappa shape index (κ1) is 14.0. The number of pyridine rings is 1. The van der Waals surface area contributed by atoms with Gasteiger partial charge >= 0.3 is 0 Å². The number of benzene rings is 1. The Kier molecular flexibility index (Phi) is 3.70. The molecule has 22 heavy (non-hydrogen) atoms. The summed E-state index contributed by atoms with van der Waals surface area (Å²) in [5, 5.41) is 11.1.